The molecule has 3 aliphatic carbocycles. The Morgan fingerprint density at radius 1 is 0.872 bits per heavy atom. The Hall–Kier alpha value is -3.32. The second kappa shape index (κ2) is 10.7. The van der Waals surface area contributed by atoms with E-state index in [1.54, 1.807) is 0 Å². The highest BCUT2D eigenvalue weighted by atomic mass is 35.5. The van der Waals surface area contributed by atoms with Gasteiger partial charge in [-0.2, -0.15) is 5.10 Å². The molecule has 7 rings (SSSR count). The minimum Gasteiger partial charge on any atom is -0.493 e. The second-order valence-corrected chi connectivity index (χ2v) is 11.8. The van der Waals surface area contributed by atoms with Crippen LogP contribution < -0.4 is 15.4 Å². The van der Waals surface area contributed by atoms with Crippen LogP contribution in [0.1, 0.15) is 64.2 Å². The van der Waals surface area contributed by atoms with E-state index in [4.69, 9.17) is 26.4 Å². The van der Waals surface area contributed by atoms with Crippen LogP contribution in [0.15, 0.2) is 48.7 Å². The van der Waals surface area contributed by atoms with E-state index in [-0.39, 0.29) is 0 Å². The zero-order valence-electron chi connectivity index (χ0n) is 22.2. The van der Waals surface area contributed by atoms with Crippen molar-refractivity contribution in [2.45, 2.75) is 76.3 Å². The van der Waals surface area contributed by atoms with E-state index < -0.39 is 0 Å². The average molecular weight is 543 g/mol. The van der Waals surface area contributed by atoms with Crippen LogP contribution in [0.5, 0.6) is 5.75 Å². The lowest BCUT2D eigenvalue weighted by Crippen LogP contribution is -2.17. The molecule has 0 spiro atoms. The third-order valence-corrected chi connectivity index (χ3v) is 8.53. The van der Waals surface area contributed by atoms with Crippen LogP contribution in [-0.4, -0.2) is 38.3 Å². The summed E-state index contributed by atoms with van der Waals surface area (Å²) in [5.41, 5.74) is 4.59. The highest BCUT2D eigenvalue weighted by molar-refractivity contribution is 6.31. The molecule has 3 saturated carbocycles. The van der Waals surface area contributed by atoms with E-state index >= 15 is 0 Å². The Morgan fingerprint density at radius 2 is 1.59 bits per heavy atom. The fourth-order valence-electron chi connectivity index (χ4n) is 5.98. The van der Waals surface area contributed by atoms with Gasteiger partial charge in [0.1, 0.15) is 17.3 Å². The van der Waals surface area contributed by atoms with Gasteiger partial charge in [0.25, 0.3) is 0 Å². The summed E-state index contributed by atoms with van der Waals surface area (Å²) < 4.78 is 8.00. The van der Waals surface area contributed by atoms with Gasteiger partial charge in [-0.15, -0.1) is 0 Å². The molecule has 0 saturated heterocycles. The monoisotopic (exact) mass is 542 g/mol. The molecule has 1 aromatic carbocycles. The number of halogens is 1. The number of anilines is 2. The molecule has 202 valence electrons. The van der Waals surface area contributed by atoms with Crippen LogP contribution in [0.25, 0.3) is 28.0 Å². The molecule has 3 aromatic heterocycles. The van der Waals surface area contributed by atoms with E-state index in [2.05, 4.69) is 27.8 Å². The first kappa shape index (κ1) is 24.7. The van der Waals surface area contributed by atoms with E-state index in [1.807, 2.05) is 41.0 Å². The number of nitrogens with one attached hydrogen (secondary N) is 2. The molecule has 0 atom stereocenters. The molecule has 0 bridgehead atoms. The Morgan fingerprint density at radius 3 is 2.31 bits per heavy atom. The van der Waals surface area contributed by atoms with Crippen molar-refractivity contribution in [2.75, 3.05) is 17.2 Å². The van der Waals surface area contributed by atoms with Gasteiger partial charge in [-0.3, -0.25) is 0 Å². The van der Waals surface area contributed by atoms with Crippen molar-refractivity contribution in [3.63, 3.8) is 0 Å². The summed E-state index contributed by atoms with van der Waals surface area (Å²) in [7, 11) is 0. The van der Waals surface area contributed by atoms with Crippen molar-refractivity contribution in [3.8, 4) is 28.3 Å². The molecule has 4 aromatic rings. The van der Waals surface area contributed by atoms with Crippen LogP contribution in [0.2, 0.25) is 5.02 Å². The molecule has 8 heteroatoms. The Kier molecular flexibility index (Phi) is 6.77. The highest BCUT2D eigenvalue weighted by Crippen LogP contribution is 2.38. The molecule has 3 aliphatic rings. The van der Waals surface area contributed by atoms with Crippen LogP contribution in [-0.2, 0) is 0 Å². The van der Waals surface area contributed by atoms with Crippen molar-refractivity contribution < 1.29 is 4.74 Å². The molecule has 39 heavy (non-hydrogen) atoms. The number of ether oxygens (including phenoxy) is 1. The number of rotatable bonds is 9. The minimum absolute atomic E-state index is 0.434. The van der Waals surface area contributed by atoms with Crippen molar-refractivity contribution in [3.05, 3.63) is 53.7 Å². The fourth-order valence-corrected chi connectivity index (χ4v) is 6.18. The molecule has 7 nitrogen and oxygen atoms in total. The first-order valence-corrected chi connectivity index (χ1v) is 14.9. The minimum atomic E-state index is 0.434. The molecule has 3 heterocycles. The van der Waals surface area contributed by atoms with Gasteiger partial charge >= 0.3 is 0 Å². The van der Waals surface area contributed by atoms with Gasteiger partial charge in [0.2, 0.25) is 5.95 Å². The summed E-state index contributed by atoms with van der Waals surface area (Å²) >= 11 is 6.71. The molecule has 2 N–H and O–H groups in total. The largest absolute Gasteiger partial charge is 0.493 e. The first-order chi connectivity index (χ1) is 19.2. The first-order valence-electron chi connectivity index (χ1n) is 14.5. The number of hydrogen-bond acceptors (Lipinski definition) is 6. The number of hydrogen-bond donors (Lipinski definition) is 2. The maximum absolute atomic E-state index is 6.71. The summed E-state index contributed by atoms with van der Waals surface area (Å²) in [4.78, 5) is 9.53. The molecule has 3 fully saturated rings. The SMILES string of the molecule is Clc1cc(NC2CCCC2)n2nc(-c3ccc(OCC4CC4)cc3)c(-c3ccnc(NC4CCCC4)n3)c2c1. The summed E-state index contributed by atoms with van der Waals surface area (Å²) in [6.45, 7) is 0.797. The van der Waals surface area contributed by atoms with E-state index in [0.717, 1.165) is 65.0 Å². The van der Waals surface area contributed by atoms with Crippen LogP contribution in [0.4, 0.5) is 11.8 Å². The van der Waals surface area contributed by atoms with Gasteiger partial charge in [0.15, 0.2) is 0 Å². The van der Waals surface area contributed by atoms with E-state index in [1.165, 1.54) is 51.4 Å². The molecule has 0 aliphatic heterocycles. The lowest BCUT2D eigenvalue weighted by Gasteiger charge is -2.15. The number of aromatic nitrogens is 4. The zero-order chi connectivity index (χ0) is 26.2. The lowest BCUT2D eigenvalue weighted by molar-refractivity contribution is 0.300. The Bertz CT molecular complexity index is 1450. The van der Waals surface area contributed by atoms with Crippen molar-refractivity contribution >= 4 is 28.9 Å². The maximum Gasteiger partial charge on any atom is 0.223 e. The van der Waals surface area contributed by atoms with Gasteiger partial charge in [0, 0.05) is 28.9 Å². The normalized spacial score (nSPS) is 18.2. The van der Waals surface area contributed by atoms with Crippen LogP contribution >= 0.6 is 11.6 Å². The zero-order valence-corrected chi connectivity index (χ0v) is 23.0. The third-order valence-electron chi connectivity index (χ3n) is 8.32. The Labute approximate surface area is 234 Å². The molecular formula is C31H35ClN6O. The van der Waals surface area contributed by atoms with Gasteiger partial charge < -0.3 is 15.4 Å². The lowest BCUT2D eigenvalue weighted by atomic mass is 10.0. The van der Waals surface area contributed by atoms with E-state index in [0.29, 0.717) is 23.1 Å². The standard InChI is InChI=1S/C31H35ClN6O/c32-22-17-27-29(26-15-16-33-31(36-26)35-24-7-3-4-8-24)30(21-11-13-25(14-12-21)39-19-20-9-10-20)37-38(27)28(18-22)34-23-5-1-2-6-23/h11-18,20,23-24,34H,1-10,19H2,(H,33,35,36). The van der Waals surface area contributed by atoms with Gasteiger partial charge in [-0.1, -0.05) is 37.3 Å². The number of pyridine rings is 1. The summed E-state index contributed by atoms with van der Waals surface area (Å²) in [5, 5.41) is 13.1. The third kappa shape index (κ3) is 5.42. The smallest absolute Gasteiger partial charge is 0.223 e. The van der Waals surface area contributed by atoms with E-state index in [9.17, 15) is 0 Å². The number of fused-ring (bicyclic) bond motifs is 1. The molecule has 0 radical (unpaired) electrons. The number of benzene rings is 1. The highest BCUT2D eigenvalue weighted by Gasteiger charge is 2.24. The Balaban J connectivity index is 1.31. The van der Waals surface area contributed by atoms with Gasteiger partial charge in [-0.05, 0) is 86.9 Å². The predicted octanol–water partition coefficient (Wildman–Crippen LogP) is 7.61. The fraction of sp³-hybridized carbons (Fsp3) is 0.452. The average Bonchev–Trinajstić information content (AvgIpc) is 3.29. The molecular weight excluding hydrogens is 508 g/mol. The second-order valence-electron chi connectivity index (χ2n) is 11.4. The van der Waals surface area contributed by atoms with Crippen LogP contribution in [0, 0.1) is 5.92 Å². The molecule has 0 amide bonds. The van der Waals surface area contributed by atoms with Gasteiger partial charge in [0.05, 0.1) is 23.4 Å². The van der Waals surface area contributed by atoms with Crippen molar-refractivity contribution in [1.82, 2.24) is 19.6 Å². The van der Waals surface area contributed by atoms with Crippen molar-refractivity contribution in [2.24, 2.45) is 5.92 Å². The summed E-state index contributed by atoms with van der Waals surface area (Å²) in [6, 6.07) is 15.1. The topological polar surface area (TPSA) is 76.4 Å². The van der Waals surface area contributed by atoms with Crippen LogP contribution in [0.3, 0.4) is 0 Å². The predicted molar refractivity (Wildman–Crippen MR) is 157 cm³/mol. The maximum atomic E-state index is 6.71. The summed E-state index contributed by atoms with van der Waals surface area (Å²) in [5.74, 6) is 3.20. The van der Waals surface area contributed by atoms with Gasteiger partial charge in [-0.25, -0.2) is 14.5 Å². The van der Waals surface area contributed by atoms with Crippen molar-refractivity contribution in [1.29, 1.82) is 0 Å². The quantitative estimate of drug-likeness (QED) is 0.227. The number of nitrogens with zero attached hydrogens (tertiary/aromatic N) is 4. The molecule has 0 unspecified atom stereocenters. The summed E-state index contributed by atoms with van der Waals surface area (Å²) in [6.07, 6.45) is 14.1.